The van der Waals surface area contributed by atoms with Gasteiger partial charge < -0.3 is 20.1 Å². The topological polar surface area (TPSA) is 114 Å². The van der Waals surface area contributed by atoms with Gasteiger partial charge in [0.2, 0.25) is 15.9 Å². The second-order valence-corrected chi connectivity index (χ2v) is 11.4. The molecule has 9 nitrogen and oxygen atoms in total. The number of nitrogens with zero attached hydrogens (tertiary/aromatic N) is 2. The summed E-state index contributed by atoms with van der Waals surface area (Å²) in [5.41, 5.74) is 1.55. The number of aromatic nitrogens is 2. The Balaban J connectivity index is 1.56. The molecular formula is C22H33N5O4S2. The molecule has 11 heteroatoms. The molecule has 1 atom stereocenters. The predicted octanol–water partition coefficient (Wildman–Crippen LogP) is 2.78. The Morgan fingerprint density at radius 1 is 1.24 bits per heavy atom. The molecule has 0 radical (unpaired) electrons. The minimum absolute atomic E-state index is 0.0546. The number of pyridine rings is 1. The number of sulfonamides is 1. The van der Waals surface area contributed by atoms with Gasteiger partial charge in [-0.05, 0) is 64.6 Å². The molecule has 2 saturated heterocycles. The summed E-state index contributed by atoms with van der Waals surface area (Å²) in [5, 5.41) is 7.61. The van der Waals surface area contributed by atoms with Gasteiger partial charge >= 0.3 is 0 Å². The van der Waals surface area contributed by atoms with E-state index in [0.29, 0.717) is 11.5 Å². The summed E-state index contributed by atoms with van der Waals surface area (Å²) in [7, 11) is -2.35. The minimum Gasteiger partial charge on any atom is -0.480 e. The summed E-state index contributed by atoms with van der Waals surface area (Å²) in [4.78, 5) is 9.95. The van der Waals surface area contributed by atoms with E-state index in [9.17, 15) is 8.42 Å². The number of anilines is 1. The lowest BCUT2D eigenvalue weighted by atomic mass is 9.93. The first kappa shape index (κ1) is 24.3. The lowest BCUT2D eigenvalue weighted by Gasteiger charge is -2.28. The van der Waals surface area contributed by atoms with Crippen LogP contribution in [0.25, 0.3) is 10.4 Å². The van der Waals surface area contributed by atoms with Gasteiger partial charge in [-0.15, -0.1) is 0 Å². The molecule has 2 fully saturated rings. The van der Waals surface area contributed by atoms with Crippen molar-refractivity contribution >= 4 is 26.5 Å². The Morgan fingerprint density at radius 2 is 1.97 bits per heavy atom. The second kappa shape index (κ2) is 10.6. The molecular weight excluding hydrogens is 462 g/mol. The molecule has 182 valence electrons. The van der Waals surface area contributed by atoms with Crippen LogP contribution in [0.15, 0.2) is 17.2 Å². The summed E-state index contributed by atoms with van der Waals surface area (Å²) in [6, 6.07) is 1.82. The number of aryl methyl sites for hydroxylation is 1. The molecule has 2 aromatic heterocycles. The third kappa shape index (κ3) is 5.83. The van der Waals surface area contributed by atoms with Crippen LogP contribution in [0.4, 0.5) is 5.13 Å². The lowest BCUT2D eigenvalue weighted by Crippen LogP contribution is -2.42. The summed E-state index contributed by atoms with van der Waals surface area (Å²) < 4.78 is 40.0. The Bertz CT molecular complexity index is 1050. The fraction of sp³-hybridized carbons (Fsp3) is 0.636. The average molecular weight is 496 g/mol. The van der Waals surface area contributed by atoms with Crippen molar-refractivity contribution < 1.29 is 17.9 Å². The summed E-state index contributed by atoms with van der Waals surface area (Å²) in [5.74, 6) is 0.640. The molecule has 0 aromatic carbocycles. The zero-order valence-corrected chi connectivity index (χ0v) is 21.0. The van der Waals surface area contributed by atoms with Crippen LogP contribution >= 0.6 is 11.3 Å². The van der Waals surface area contributed by atoms with Crippen molar-refractivity contribution in [2.24, 2.45) is 5.92 Å². The first-order chi connectivity index (χ1) is 15.9. The minimum atomic E-state index is -3.78. The van der Waals surface area contributed by atoms with E-state index in [2.05, 4.69) is 27.3 Å². The molecule has 0 bridgehead atoms. The second-order valence-electron chi connectivity index (χ2n) is 8.69. The molecule has 0 aliphatic carbocycles. The number of methoxy groups -OCH3 is 1. The number of thiazole rings is 1. The molecule has 2 aliphatic heterocycles. The Kier molecular flexibility index (Phi) is 7.85. The van der Waals surface area contributed by atoms with Crippen LogP contribution in [0.2, 0.25) is 0 Å². The molecule has 0 amide bonds. The SMILES string of the molecule is COc1ncc(-c2sc(NC(C)C3CCOCC3)nc2C)cc1S(=O)(=O)NC1CCNCC1. The number of ether oxygens (including phenoxy) is 2. The van der Waals surface area contributed by atoms with E-state index in [1.165, 1.54) is 18.4 Å². The van der Waals surface area contributed by atoms with E-state index in [1.54, 1.807) is 12.3 Å². The normalized spacial score (nSPS) is 19.4. The molecule has 0 saturated carbocycles. The fourth-order valence-corrected chi connectivity index (χ4v) is 6.87. The van der Waals surface area contributed by atoms with E-state index in [-0.39, 0.29) is 22.9 Å². The smallest absolute Gasteiger partial charge is 0.246 e. The Hall–Kier alpha value is -1.79. The monoisotopic (exact) mass is 495 g/mol. The van der Waals surface area contributed by atoms with Crippen LogP contribution in [-0.4, -0.2) is 63.9 Å². The average Bonchev–Trinajstić information content (AvgIpc) is 3.19. The Labute approximate surface area is 199 Å². The maximum Gasteiger partial charge on any atom is 0.246 e. The number of piperidine rings is 1. The van der Waals surface area contributed by atoms with E-state index in [1.807, 2.05) is 6.92 Å². The van der Waals surface area contributed by atoms with Crippen molar-refractivity contribution in [1.82, 2.24) is 20.0 Å². The van der Waals surface area contributed by atoms with Crippen molar-refractivity contribution in [2.45, 2.75) is 56.5 Å². The third-order valence-corrected chi connectivity index (χ3v) is 9.00. The highest BCUT2D eigenvalue weighted by atomic mass is 32.2. The largest absolute Gasteiger partial charge is 0.480 e. The zero-order chi connectivity index (χ0) is 23.4. The first-order valence-corrected chi connectivity index (χ1v) is 13.8. The summed E-state index contributed by atoms with van der Waals surface area (Å²) in [6.07, 6.45) is 5.23. The van der Waals surface area contributed by atoms with E-state index in [0.717, 1.165) is 67.7 Å². The quantitative estimate of drug-likeness (QED) is 0.512. The third-order valence-electron chi connectivity index (χ3n) is 6.35. The summed E-state index contributed by atoms with van der Waals surface area (Å²) in [6.45, 7) is 7.31. The van der Waals surface area contributed by atoms with Crippen molar-refractivity contribution in [1.29, 1.82) is 0 Å². The first-order valence-electron chi connectivity index (χ1n) is 11.5. The summed E-state index contributed by atoms with van der Waals surface area (Å²) >= 11 is 1.52. The van der Waals surface area contributed by atoms with E-state index >= 15 is 0 Å². The molecule has 0 spiro atoms. The van der Waals surface area contributed by atoms with Crippen molar-refractivity contribution in [3.63, 3.8) is 0 Å². The van der Waals surface area contributed by atoms with Crippen LogP contribution in [-0.2, 0) is 14.8 Å². The van der Waals surface area contributed by atoms with Gasteiger partial charge in [0.25, 0.3) is 0 Å². The maximum absolute atomic E-state index is 13.2. The van der Waals surface area contributed by atoms with Gasteiger partial charge in [0.05, 0.1) is 17.7 Å². The van der Waals surface area contributed by atoms with Gasteiger partial charge in [0, 0.05) is 37.1 Å². The molecule has 4 heterocycles. The van der Waals surface area contributed by atoms with Gasteiger partial charge in [0.15, 0.2) is 5.13 Å². The van der Waals surface area contributed by atoms with Gasteiger partial charge in [-0.2, -0.15) is 0 Å². The predicted molar refractivity (Wildman–Crippen MR) is 129 cm³/mol. The molecule has 2 aromatic rings. The van der Waals surface area contributed by atoms with Crippen LogP contribution < -0.4 is 20.1 Å². The van der Waals surface area contributed by atoms with Crippen molar-refractivity contribution in [2.75, 3.05) is 38.7 Å². The van der Waals surface area contributed by atoms with Crippen molar-refractivity contribution in [3.05, 3.63) is 18.0 Å². The standard InChI is InChI=1S/C22H33N5O4S2/c1-14(16-6-10-31-11-7-16)25-22-26-15(2)20(32-22)17-12-19(21(30-3)24-13-17)33(28,29)27-18-4-8-23-9-5-18/h12-14,16,18,23,27H,4-11H2,1-3H3,(H,25,26). The number of hydrogen-bond acceptors (Lipinski definition) is 9. The van der Waals surface area contributed by atoms with Crippen LogP contribution in [0, 0.1) is 12.8 Å². The van der Waals surface area contributed by atoms with Crippen LogP contribution in [0.1, 0.15) is 38.3 Å². The number of rotatable bonds is 8. The molecule has 2 aliphatic rings. The van der Waals surface area contributed by atoms with Gasteiger partial charge in [-0.25, -0.2) is 23.1 Å². The molecule has 1 unspecified atom stereocenters. The fourth-order valence-electron chi connectivity index (χ4n) is 4.38. The molecule has 4 rings (SSSR count). The van der Waals surface area contributed by atoms with Crippen LogP contribution in [0.3, 0.4) is 0 Å². The highest BCUT2D eigenvalue weighted by molar-refractivity contribution is 7.89. The van der Waals surface area contributed by atoms with E-state index < -0.39 is 10.0 Å². The van der Waals surface area contributed by atoms with Gasteiger partial charge in [0.1, 0.15) is 4.90 Å². The Morgan fingerprint density at radius 3 is 2.67 bits per heavy atom. The van der Waals surface area contributed by atoms with E-state index in [4.69, 9.17) is 14.5 Å². The number of nitrogens with one attached hydrogen (secondary N) is 3. The van der Waals surface area contributed by atoms with Gasteiger partial charge in [-0.1, -0.05) is 11.3 Å². The lowest BCUT2D eigenvalue weighted by molar-refractivity contribution is 0.0622. The highest BCUT2D eigenvalue weighted by Crippen LogP contribution is 2.36. The van der Waals surface area contributed by atoms with Crippen molar-refractivity contribution in [3.8, 4) is 16.3 Å². The zero-order valence-electron chi connectivity index (χ0n) is 19.4. The van der Waals surface area contributed by atoms with Gasteiger partial charge in [-0.3, -0.25) is 0 Å². The number of hydrogen-bond donors (Lipinski definition) is 3. The molecule has 3 N–H and O–H groups in total. The van der Waals surface area contributed by atoms with Crippen LogP contribution in [0.5, 0.6) is 5.88 Å². The highest BCUT2D eigenvalue weighted by Gasteiger charge is 2.27. The molecule has 33 heavy (non-hydrogen) atoms. The maximum atomic E-state index is 13.2.